The van der Waals surface area contributed by atoms with E-state index < -0.39 is 0 Å². The van der Waals surface area contributed by atoms with Crippen molar-refractivity contribution in [1.29, 1.82) is 0 Å². The van der Waals surface area contributed by atoms with Gasteiger partial charge in [-0.3, -0.25) is 9.69 Å². The molecule has 4 saturated carbocycles. The molecule has 1 amide bonds. The van der Waals surface area contributed by atoms with E-state index in [1.165, 1.54) is 43.2 Å². The molecule has 1 aromatic carbocycles. The summed E-state index contributed by atoms with van der Waals surface area (Å²) in [6.07, 6.45) is 7.85. The van der Waals surface area contributed by atoms with Gasteiger partial charge in [-0.2, -0.15) is 0 Å². The second-order valence-corrected chi connectivity index (χ2v) is 10.4. The van der Waals surface area contributed by atoms with Crippen LogP contribution in [0.25, 0.3) is 10.2 Å². The quantitative estimate of drug-likeness (QED) is 0.834. The average molecular weight is 384 g/mol. The molecule has 0 radical (unpaired) electrons. The smallest absolute Gasteiger partial charge is 0.234 e. The van der Waals surface area contributed by atoms with Crippen molar-refractivity contribution in [2.75, 3.05) is 13.6 Å². The van der Waals surface area contributed by atoms with Gasteiger partial charge in [-0.1, -0.05) is 12.1 Å². The van der Waals surface area contributed by atoms with Gasteiger partial charge >= 0.3 is 0 Å². The summed E-state index contributed by atoms with van der Waals surface area (Å²) in [5.41, 5.74) is 1.15. The van der Waals surface area contributed by atoms with Crippen molar-refractivity contribution in [2.24, 2.45) is 17.8 Å². The number of hydrogen-bond acceptors (Lipinski definition) is 4. The number of nitrogens with zero attached hydrogens (tertiary/aromatic N) is 2. The molecule has 4 nitrogen and oxygen atoms in total. The second-order valence-electron chi connectivity index (χ2n) is 9.36. The molecule has 4 bridgehead atoms. The Morgan fingerprint density at radius 2 is 1.85 bits per heavy atom. The predicted molar refractivity (Wildman–Crippen MR) is 110 cm³/mol. The van der Waals surface area contributed by atoms with E-state index in [2.05, 4.69) is 35.3 Å². The highest BCUT2D eigenvalue weighted by Gasteiger charge is 2.51. The number of likely N-dealkylation sites (N-methyl/N-ethyl adjacent to an activating group) is 1. The molecule has 144 valence electrons. The third kappa shape index (κ3) is 3.29. The van der Waals surface area contributed by atoms with Crippen LogP contribution in [-0.2, 0) is 4.79 Å². The number of nitrogens with one attached hydrogen (secondary N) is 1. The van der Waals surface area contributed by atoms with Gasteiger partial charge in [-0.15, -0.1) is 11.3 Å². The molecular weight excluding hydrogens is 354 g/mol. The molecule has 2 aromatic rings. The lowest BCUT2D eigenvalue weighted by Gasteiger charge is -2.57. The highest BCUT2D eigenvalue weighted by Crippen LogP contribution is 2.55. The molecule has 4 aliphatic carbocycles. The molecule has 0 saturated heterocycles. The highest BCUT2D eigenvalue weighted by atomic mass is 32.1. The number of hydrogen-bond donors (Lipinski definition) is 1. The first kappa shape index (κ1) is 17.6. The first-order valence-electron chi connectivity index (χ1n) is 10.4. The van der Waals surface area contributed by atoms with Crippen molar-refractivity contribution in [3.05, 3.63) is 29.3 Å². The molecule has 5 heteroatoms. The van der Waals surface area contributed by atoms with Gasteiger partial charge in [0.05, 0.1) is 22.8 Å². The largest absolute Gasteiger partial charge is 0.350 e. The maximum atomic E-state index is 12.9. The normalized spacial score (nSPS) is 32.9. The summed E-state index contributed by atoms with van der Waals surface area (Å²) in [5.74, 6) is 2.76. The van der Waals surface area contributed by atoms with Gasteiger partial charge in [-0.05, 0) is 82.4 Å². The standard InChI is InChI=1S/C22H29N3OS/c1-14(21-23-18-5-3-4-6-19(18)27-21)25(2)13-20(26)24-22-10-15-7-16(11-22)9-17(8-15)12-22/h3-6,14-17H,7-13H2,1-2H3,(H,24,26)/t14-,15?,16?,17?,22?/m0/s1. The molecule has 1 atom stereocenters. The molecule has 0 spiro atoms. The number of thiazole rings is 1. The van der Waals surface area contributed by atoms with E-state index in [0.29, 0.717) is 6.54 Å². The molecule has 0 unspecified atom stereocenters. The van der Waals surface area contributed by atoms with Gasteiger partial charge in [0.15, 0.2) is 0 Å². The van der Waals surface area contributed by atoms with Crippen molar-refractivity contribution < 1.29 is 4.79 Å². The summed E-state index contributed by atoms with van der Waals surface area (Å²) in [6, 6.07) is 8.39. The molecule has 1 heterocycles. The summed E-state index contributed by atoms with van der Waals surface area (Å²) < 4.78 is 1.21. The van der Waals surface area contributed by atoms with Crippen LogP contribution in [-0.4, -0.2) is 34.9 Å². The van der Waals surface area contributed by atoms with Gasteiger partial charge in [-0.25, -0.2) is 4.98 Å². The zero-order valence-corrected chi connectivity index (χ0v) is 17.1. The summed E-state index contributed by atoms with van der Waals surface area (Å²) >= 11 is 1.73. The molecule has 1 N–H and O–H groups in total. The van der Waals surface area contributed by atoms with E-state index in [0.717, 1.165) is 28.3 Å². The zero-order chi connectivity index (χ0) is 18.6. The van der Waals surface area contributed by atoms with E-state index >= 15 is 0 Å². The minimum atomic E-state index is 0.103. The summed E-state index contributed by atoms with van der Waals surface area (Å²) in [5, 5.41) is 4.58. The monoisotopic (exact) mass is 383 g/mol. The van der Waals surface area contributed by atoms with Crippen molar-refractivity contribution in [1.82, 2.24) is 15.2 Å². The fraction of sp³-hybridized carbons (Fsp3) is 0.636. The molecule has 0 aliphatic heterocycles. The maximum absolute atomic E-state index is 12.9. The van der Waals surface area contributed by atoms with Gasteiger partial charge in [0, 0.05) is 5.54 Å². The third-order valence-corrected chi connectivity index (χ3v) is 8.37. The van der Waals surface area contributed by atoms with Gasteiger partial charge in [0.1, 0.15) is 5.01 Å². The first-order valence-corrected chi connectivity index (χ1v) is 11.2. The Kier molecular flexibility index (Phi) is 4.28. The fourth-order valence-electron chi connectivity index (χ4n) is 6.22. The molecule has 27 heavy (non-hydrogen) atoms. The van der Waals surface area contributed by atoms with Crippen molar-refractivity contribution in [3.8, 4) is 0 Å². The third-order valence-electron chi connectivity index (χ3n) is 7.16. The summed E-state index contributed by atoms with van der Waals surface area (Å²) in [7, 11) is 2.04. The number of aromatic nitrogens is 1. The maximum Gasteiger partial charge on any atom is 0.234 e. The van der Waals surface area contributed by atoms with Gasteiger partial charge in [0.25, 0.3) is 0 Å². The van der Waals surface area contributed by atoms with Gasteiger partial charge in [0.2, 0.25) is 5.91 Å². The molecular formula is C22H29N3OS. The molecule has 4 fully saturated rings. The molecule has 1 aromatic heterocycles. The Morgan fingerprint density at radius 3 is 2.48 bits per heavy atom. The van der Waals surface area contributed by atoms with Crippen molar-refractivity contribution in [3.63, 3.8) is 0 Å². The van der Waals surface area contributed by atoms with Crippen LogP contribution >= 0.6 is 11.3 Å². The van der Waals surface area contributed by atoms with Crippen LogP contribution in [0.15, 0.2) is 24.3 Å². The minimum Gasteiger partial charge on any atom is -0.350 e. The first-order chi connectivity index (χ1) is 13.0. The lowest BCUT2D eigenvalue weighted by atomic mass is 9.53. The number of para-hydroxylation sites is 1. The SMILES string of the molecule is C[C@@H](c1nc2ccccc2s1)N(C)CC(=O)NC12CC3CC(CC(C3)C1)C2. The van der Waals surface area contributed by atoms with Crippen LogP contribution < -0.4 is 5.32 Å². The number of rotatable bonds is 5. The number of fused-ring (bicyclic) bond motifs is 1. The lowest BCUT2D eigenvalue weighted by molar-refractivity contribution is -0.128. The van der Waals surface area contributed by atoms with Crippen LogP contribution in [0.3, 0.4) is 0 Å². The Labute approximate surface area is 165 Å². The number of carbonyl (C=O) groups excluding carboxylic acids is 1. The minimum absolute atomic E-state index is 0.103. The van der Waals surface area contributed by atoms with E-state index in [-0.39, 0.29) is 17.5 Å². The Morgan fingerprint density at radius 1 is 1.22 bits per heavy atom. The Hall–Kier alpha value is -1.46. The highest BCUT2D eigenvalue weighted by molar-refractivity contribution is 7.18. The second kappa shape index (κ2) is 6.56. The van der Waals surface area contributed by atoms with Crippen LogP contribution in [0.4, 0.5) is 0 Å². The topological polar surface area (TPSA) is 45.2 Å². The van der Waals surface area contributed by atoms with Crippen LogP contribution in [0.1, 0.15) is 56.5 Å². The molecule has 4 aliphatic rings. The molecule has 6 rings (SSSR count). The lowest BCUT2D eigenvalue weighted by Crippen LogP contribution is -2.60. The van der Waals surface area contributed by atoms with Crippen molar-refractivity contribution >= 4 is 27.5 Å². The Balaban J connectivity index is 1.24. The predicted octanol–water partition coefficient (Wildman–Crippen LogP) is 4.37. The van der Waals surface area contributed by atoms with E-state index in [9.17, 15) is 4.79 Å². The van der Waals surface area contributed by atoms with Crippen LogP contribution in [0.2, 0.25) is 0 Å². The van der Waals surface area contributed by atoms with E-state index in [1.807, 2.05) is 13.1 Å². The van der Waals surface area contributed by atoms with E-state index in [1.54, 1.807) is 11.3 Å². The van der Waals surface area contributed by atoms with Crippen LogP contribution in [0.5, 0.6) is 0 Å². The number of amides is 1. The van der Waals surface area contributed by atoms with Crippen molar-refractivity contribution in [2.45, 2.75) is 57.0 Å². The summed E-state index contributed by atoms with van der Waals surface area (Å²) in [4.78, 5) is 19.8. The zero-order valence-electron chi connectivity index (χ0n) is 16.3. The van der Waals surface area contributed by atoms with Gasteiger partial charge < -0.3 is 5.32 Å². The number of carbonyl (C=O) groups is 1. The average Bonchev–Trinajstić information content (AvgIpc) is 3.03. The fourth-order valence-corrected chi connectivity index (χ4v) is 7.30. The Bertz CT molecular complexity index is 792. The summed E-state index contributed by atoms with van der Waals surface area (Å²) in [6.45, 7) is 2.59. The van der Waals surface area contributed by atoms with Crippen LogP contribution in [0, 0.1) is 17.8 Å². The number of benzene rings is 1. The van der Waals surface area contributed by atoms with E-state index in [4.69, 9.17) is 4.98 Å².